The summed E-state index contributed by atoms with van der Waals surface area (Å²) in [7, 11) is 3.99. The van der Waals surface area contributed by atoms with Crippen molar-refractivity contribution in [1.29, 1.82) is 0 Å². The molecule has 2 aromatic rings. The monoisotopic (exact) mass is 373 g/mol. The predicted molar refractivity (Wildman–Crippen MR) is 103 cm³/mol. The Hall–Kier alpha value is -2.47. The molecule has 0 saturated carbocycles. The molecule has 144 valence electrons. The Balaban J connectivity index is 1.73. The maximum Gasteiger partial charge on any atom is 0.251 e. The van der Waals surface area contributed by atoms with E-state index in [0.29, 0.717) is 6.54 Å². The molecule has 0 aliphatic carbocycles. The number of nitrogens with one attached hydrogen (secondary N) is 1. The molecule has 2 aromatic carbocycles. The van der Waals surface area contributed by atoms with E-state index in [9.17, 15) is 13.6 Å². The highest BCUT2D eigenvalue weighted by Crippen LogP contribution is 2.26. The normalized spacial score (nSPS) is 15.6. The van der Waals surface area contributed by atoms with Gasteiger partial charge in [0.1, 0.15) is 0 Å². The van der Waals surface area contributed by atoms with Crippen molar-refractivity contribution in [3.05, 3.63) is 65.2 Å². The van der Waals surface area contributed by atoms with Gasteiger partial charge in [-0.05, 0) is 61.8 Å². The van der Waals surface area contributed by atoms with E-state index in [4.69, 9.17) is 0 Å². The van der Waals surface area contributed by atoms with Crippen LogP contribution in [0.4, 0.5) is 14.5 Å². The van der Waals surface area contributed by atoms with Gasteiger partial charge in [0.2, 0.25) is 0 Å². The topological polar surface area (TPSA) is 35.6 Å². The standard InChI is InChI=1S/C21H25F2N3O/c1-25(2)17-8-5-15(6-9-17)20(26-11-3-4-12-26)14-24-21(27)16-7-10-18(22)19(23)13-16/h5-10,13,20H,3-4,11-12,14H2,1-2H3,(H,24,27). The Morgan fingerprint density at radius 3 is 2.33 bits per heavy atom. The van der Waals surface area contributed by atoms with Crippen molar-refractivity contribution in [2.45, 2.75) is 18.9 Å². The zero-order valence-electron chi connectivity index (χ0n) is 15.7. The summed E-state index contributed by atoms with van der Waals surface area (Å²) in [5, 5.41) is 2.88. The lowest BCUT2D eigenvalue weighted by atomic mass is 10.0. The van der Waals surface area contributed by atoms with Crippen LogP contribution in [0.2, 0.25) is 0 Å². The second-order valence-corrected chi connectivity index (χ2v) is 7.08. The van der Waals surface area contributed by atoms with Gasteiger partial charge in [0, 0.05) is 31.9 Å². The van der Waals surface area contributed by atoms with E-state index < -0.39 is 17.5 Å². The van der Waals surface area contributed by atoms with Crippen molar-refractivity contribution >= 4 is 11.6 Å². The van der Waals surface area contributed by atoms with Crippen LogP contribution in [0.5, 0.6) is 0 Å². The highest BCUT2D eigenvalue weighted by Gasteiger charge is 2.24. The maximum absolute atomic E-state index is 13.4. The number of anilines is 1. The molecule has 3 rings (SSSR count). The average molecular weight is 373 g/mol. The summed E-state index contributed by atoms with van der Waals surface area (Å²) >= 11 is 0. The van der Waals surface area contributed by atoms with Crippen molar-refractivity contribution in [2.24, 2.45) is 0 Å². The fourth-order valence-corrected chi connectivity index (χ4v) is 3.43. The lowest BCUT2D eigenvalue weighted by Crippen LogP contribution is -2.36. The molecular weight excluding hydrogens is 348 g/mol. The molecule has 1 aliphatic heterocycles. The van der Waals surface area contributed by atoms with Gasteiger partial charge >= 0.3 is 0 Å². The molecule has 1 unspecified atom stereocenters. The summed E-state index contributed by atoms with van der Waals surface area (Å²) in [6, 6.07) is 11.6. The Kier molecular flexibility index (Phi) is 6.06. The van der Waals surface area contributed by atoms with Crippen LogP contribution < -0.4 is 10.2 Å². The zero-order chi connectivity index (χ0) is 19.4. The van der Waals surface area contributed by atoms with E-state index in [1.165, 1.54) is 6.07 Å². The fraction of sp³-hybridized carbons (Fsp3) is 0.381. The predicted octanol–water partition coefficient (Wildman–Crippen LogP) is 3.60. The molecule has 1 atom stereocenters. The van der Waals surface area contributed by atoms with Gasteiger partial charge in [-0.3, -0.25) is 9.69 Å². The summed E-state index contributed by atoms with van der Waals surface area (Å²) < 4.78 is 26.5. The minimum Gasteiger partial charge on any atom is -0.378 e. The number of amides is 1. The van der Waals surface area contributed by atoms with Crippen LogP contribution in [0.15, 0.2) is 42.5 Å². The first-order chi connectivity index (χ1) is 13.0. The Labute approximate surface area is 158 Å². The van der Waals surface area contributed by atoms with Gasteiger partial charge in [-0.2, -0.15) is 0 Å². The second kappa shape index (κ2) is 8.48. The van der Waals surface area contributed by atoms with Crippen molar-refractivity contribution in [2.75, 3.05) is 38.6 Å². The van der Waals surface area contributed by atoms with E-state index in [0.717, 1.165) is 49.3 Å². The molecule has 6 heteroatoms. The molecule has 0 aromatic heterocycles. The number of halogens is 2. The molecule has 0 bridgehead atoms. The number of rotatable bonds is 6. The number of hydrogen-bond acceptors (Lipinski definition) is 3. The first kappa shape index (κ1) is 19.3. The quantitative estimate of drug-likeness (QED) is 0.840. The van der Waals surface area contributed by atoms with Crippen molar-refractivity contribution < 1.29 is 13.6 Å². The number of benzene rings is 2. The maximum atomic E-state index is 13.4. The first-order valence-corrected chi connectivity index (χ1v) is 9.20. The van der Waals surface area contributed by atoms with Crippen LogP contribution in [0.1, 0.15) is 34.8 Å². The van der Waals surface area contributed by atoms with Gasteiger partial charge in [0.15, 0.2) is 11.6 Å². The highest BCUT2D eigenvalue weighted by molar-refractivity contribution is 5.94. The molecule has 0 radical (unpaired) electrons. The van der Waals surface area contributed by atoms with Gasteiger partial charge in [-0.15, -0.1) is 0 Å². The van der Waals surface area contributed by atoms with Crippen LogP contribution in [0.3, 0.4) is 0 Å². The minimum absolute atomic E-state index is 0.0537. The van der Waals surface area contributed by atoms with Gasteiger partial charge in [0.05, 0.1) is 6.04 Å². The smallest absolute Gasteiger partial charge is 0.251 e. The van der Waals surface area contributed by atoms with Crippen molar-refractivity contribution in [3.63, 3.8) is 0 Å². The van der Waals surface area contributed by atoms with Gasteiger partial charge < -0.3 is 10.2 Å². The second-order valence-electron chi connectivity index (χ2n) is 7.08. The first-order valence-electron chi connectivity index (χ1n) is 9.20. The molecule has 1 N–H and O–H groups in total. The van der Waals surface area contributed by atoms with E-state index >= 15 is 0 Å². The molecule has 27 heavy (non-hydrogen) atoms. The van der Waals surface area contributed by atoms with E-state index in [1.54, 1.807) is 0 Å². The summed E-state index contributed by atoms with van der Waals surface area (Å²) in [5.74, 6) is -2.37. The van der Waals surface area contributed by atoms with Crippen LogP contribution in [0, 0.1) is 11.6 Å². The number of hydrogen-bond donors (Lipinski definition) is 1. The van der Waals surface area contributed by atoms with Gasteiger partial charge in [-0.25, -0.2) is 8.78 Å². The molecule has 4 nitrogen and oxygen atoms in total. The highest BCUT2D eigenvalue weighted by atomic mass is 19.2. The Morgan fingerprint density at radius 2 is 1.74 bits per heavy atom. The summed E-state index contributed by atoms with van der Waals surface area (Å²) in [6.45, 7) is 2.39. The van der Waals surface area contributed by atoms with Crippen LogP contribution in [0.25, 0.3) is 0 Å². The van der Waals surface area contributed by atoms with E-state index in [-0.39, 0.29) is 11.6 Å². The third-order valence-corrected chi connectivity index (χ3v) is 5.01. The summed E-state index contributed by atoms with van der Waals surface area (Å²) in [5.41, 5.74) is 2.37. The number of nitrogens with zero attached hydrogens (tertiary/aromatic N) is 2. The Bertz CT molecular complexity index is 787. The molecule has 1 heterocycles. The summed E-state index contributed by atoms with van der Waals surface area (Å²) in [4.78, 5) is 16.8. The van der Waals surface area contributed by atoms with Crippen molar-refractivity contribution in [3.8, 4) is 0 Å². The number of carbonyl (C=O) groups is 1. The number of carbonyl (C=O) groups excluding carboxylic acids is 1. The zero-order valence-corrected chi connectivity index (χ0v) is 15.7. The molecule has 1 aliphatic rings. The molecular formula is C21H25F2N3O. The Morgan fingerprint density at radius 1 is 1.07 bits per heavy atom. The van der Waals surface area contributed by atoms with Gasteiger partial charge in [0.25, 0.3) is 5.91 Å². The third-order valence-electron chi connectivity index (χ3n) is 5.01. The largest absolute Gasteiger partial charge is 0.378 e. The van der Waals surface area contributed by atoms with E-state index in [1.807, 2.05) is 19.0 Å². The fourth-order valence-electron chi connectivity index (χ4n) is 3.43. The lowest BCUT2D eigenvalue weighted by Gasteiger charge is -2.28. The number of likely N-dealkylation sites (tertiary alicyclic amines) is 1. The molecule has 1 amide bonds. The summed E-state index contributed by atoms with van der Waals surface area (Å²) in [6.07, 6.45) is 2.28. The lowest BCUT2D eigenvalue weighted by molar-refractivity contribution is 0.0937. The average Bonchev–Trinajstić information content (AvgIpc) is 3.19. The molecule has 0 spiro atoms. The van der Waals surface area contributed by atoms with E-state index in [2.05, 4.69) is 34.5 Å². The van der Waals surface area contributed by atoms with Crippen LogP contribution >= 0.6 is 0 Å². The van der Waals surface area contributed by atoms with Crippen LogP contribution in [-0.2, 0) is 0 Å². The van der Waals surface area contributed by atoms with Crippen LogP contribution in [-0.4, -0.2) is 44.5 Å². The third kappa shape index (κ3) is 4.63. The molecule has 1 saturated heterocycles. The molecule has 1 fully saturated rings. The van der Waals surface area contributed by atoms with Crippen molar-refractivity contribution in [1.82, 2.24) is 10.2 Å². The SMILES string of the molecule is CN(C)c1ccc(C(CNC(=O)c2ccc(F)c(F)c2)N2CCCC2)cc1. The minimum atomic E-state index is -1.02. The van der Waals surface area contributed by atoms with Gasteiger partial charge in [-0.1, -0.05) is 12.1 Å².